The molecule has 0 spiro atoms. The summed E-state index contributed by atoms with van der Waals surface area (Å²) in [6.45, 7) is 5.53. The van der Waals surface area contributed by atoms with Crippen LogP contribution in [-0.4, -0.2) is 24.5 Å². The molecule has 0 radical (unpaired) electrons. The molecular formula is C19H23BrN2. The third kappa shape index (κ3) is 4.42. The second-order valence-electron chi connectivity index (χ2n) is 5.95. The lowest BCUT2D eigenvalue weighted by Gasteiger charge is -2.28. The van der Waals surface area contributed by atoms with Crippen molar-refractivity contribution in [3.63, 3.8) is 0 Å². The predicted octanol–water partition coefficient (Wildman–Crippen LogP) is 3.99. The first kappa shape index (κ1) is 15.7. The molecule has 1 aliphatic heterocycles. The van der Waals surface area contributed by atoms with E-state index in [0.29, 0.717) is 0 Å². The van der Waals surface area contributed by atoms with Crippen LogP contribution in [0.2, 0.25) is 0 Å². The second-order valence-corrected chi connectivity index (χ2v) is 6.87. The normalized spacial score (nSPS) is 14.8. The molecule has 0 unspecified atom stereocenters. The fourth-order valence-electron chi connectivity index (χ4n) is 3.01. The van der Waals surface area contributed by atoms with Crippen LogP contribution in [0.25, 0.3) is 0 Å². The van der Waals surface area contributed by atoms with Crippen LogP contribution in [0.1, 0.15) is 23.1 Å². The number of nitrogens with one attached hydrogen (secondary N) is 1. The number of nitrogens with zero attached hydrogens (tertiary/aromatic N) is 1. The SMILES string of the molecule is Brc1ccc(CNCCCN2CCc3ccccc3C2)cc1. The van der Waals surface area contributed by atoms with Gasteiger partial charge in [0.25, 0.3) is 0 Å². The van der Waals surface area contributed by atoms with Gasteiger partial charge < -0.3 is 5.32 Å². The van der Waals surface area contributed by atoms with E-state index in [2.05, 4.69) is 74.7 Å². The Morgan fingerprint density at radius 2 is 1.77 bits per heavy atom. The number of halogens is 1. The molecule has 1 aliphatic rings. The molecule has 116 valence electrons. The quantitative estimate of drug-likeness (QED) is 0.785. The maximum absolute atomic E-state index is 3.54. The van der Waals surface area contributed by atoms with Gasteiger partial charge in [0, 0.05) is 24.1 Å². The van der Waals surface area contributed by atoms with Crippen LogP contribution in [0.5, 0.6) is 0 Å². The minimum Gasteiger partial charge on any atom is -0.313 e. The summed E-state index contributed by atoms with van der Waals surface area (Å²) in [4.78, 5) is 2.57. The highest BCUT2D eigenvalue weighted by molar-refractivity contribution is 9.10. The fraction of sp³-hybridized carbons (Fsp3) is 0.368. The molecule has 2 nitrogen and oxygen atoms in total. The molecule has 0 aliphatic carbocycles. The zero-order valence-corrected chi connectivity index (χ0v) is 14.5. The minimum absolute atomic E-state index is 0.954. The third-order valence-electron chi connectivity index (χ3n) is 4.28. The molecule has 0 saturated heterocycles. The van der Waals surface area contributed by atoms with Crippen LogP contribution < -0.4 is 5.32 Å². The van der Waals surface area contributed by atoms with E-state index < -0.39 is 0 Å². The van der Waals surface area contributed by atoms with Crippen molar-refractivity contribution < 1.29 is 0 Å². The van der Waals surface area contributed by atoms with Crippen molar-refractivity contribution in [2.45, 2.75) is 25.9 Å². The molecule has 0 fully saturated rings. The monoisotopic (exact) mass is 358 g/mol. The van der Waals surface area contributed by atoms with E-state index in [0.717, 1.165) is 24.1 Å². The molecule has 1 N–H and O–H groups in total. The van der Waals surface area contributed by atoms with Gasteiger partial charge >= 0.3 is 0 Å². The number of benzene rings is 2. The Hall–Kier alpha value is -1.16. The number of fused-ring (bicyclic) bond motifs is 1. The van der Waals surface area contributed by atoms with Crippen LogP contribution in [0.15, 0.2) is 53.0 Å². The lowest BCUT2D eigenvalue weighted by Crippen LogP contribution is -2.32. The largest absolute Gasteiger partial charge is 0.313 e. The summed E-state index contributed by atoms with van der Waals surface area (Å²) in [5.41, 5.74) is 4.39. The second kappa shape index (κ2) is 7.91. The fourth-order valence-corrected chi connectivity index (χ4v) is 3.27. The predicted molar refractivity (Wildman–Crippen MR) is 95.9 cm³/mol. The average Bonchev–Trinajstić information content (AvgIpc) is 2.56. The number of hydrogen-bond acceptors (Lipinski definition) is 2. The Balaban J connectivity index is 1.35. The van der Waals surface area contributed by atoms with E-state index in [1.54, 1.807) is 0 Å². The molecule has 0 amide bonds. The zero-order valence-electron chi connectivity index (χ0n) is 12.9. The highest BCUT2D eigenvalue weighted by Gasteiger charge is 2.14. The molecule has 0 saturated carbocycles. The van der Waals surface area contributed by atoms with Gasteiger partial charge in [0.1, 0.15) is 0 Å². The van der Waals surface area contributed by atoms with Gasteiger partial charge in [-0.2, -0.15) is 0 Å². The van der Waals surface area contributed by atoms with Crippen LogP contribution in [0.4, 0.5) is 0 Å². The van der Waals surface area contributed by atoms with Gasteiger partial charge in [0.15, 0.2) is 0 Å². The van der Waals surface area contributed by atoms with E-state index >= 15 is 0 Å². The van der Waals surface area contributed by atoms with Gasteiger partial charge in [0.2, 0.25) is 0 Å². The summed E-state index contributed by atoms with van der Waals surface area (Å²) in [6.07, 6.45) is 2.40. The van der Waals surface area contributed by atoms with E-state index in [-0.39, 0.29) is 0 Å². The highest BCUT2D eigenvalue weighted by atomic mass is 79.9. The topological polar surface area (TPSA) is 15.3 Å². The van der Waals surface area contributed by atoms with Gasteiger partial charge in [0.05, 0.1) is 0 Å². The molecule has 2 aromatic carbocycles. The first-order valence-corrected chi connectivity index (χ1v) is 8.85. The molecule has 0 aromatic heterocycles. The van der Waals surface area contributed by atoms with Gasteiger partial charge in [-0.1, -0.05) is 52.3 Å². The van der Waals surface area contributed by atoms with E-state index in [1.165, 1.54) is 42.6 Å². The molecule has 0 bridgehead atoms. The molecule has 3 heteroatoms. The zero-order chi connectivity index (χ0) is 15.2. The maximum Gasteiger partial charge on any atom is 0.0236 e. The molecule has 2 aromatic rings. The van der Waals surface area contributed by atoms with E-state index in [9.17, 15) is 0 Å². The summed E-state index contributed by atoms with van der Waals surface area (Å²) in [5.74, 6) is 0. The third-order valence-corrected chi connectivity index (χ3v) is 4.81. The Morgan fingerprint density at radius 3 is 2.59 bits per heavy atom. The minimum atomic E-state index is 0.954. The Morgan fingerprint density at radius 1 is 1.00 bits per heavy atom. The lowest BCUT2D eigenvalue weighted by atomic mass is 10.00. The molecule has 22 heavy (non-hydrogen) atoms. The first-order chi connectivity index (χ1) is 10.8. The molecule has 1 heterocycles. The van der Waals surface area contributed by atoms with Crippen molar-refractivity contribution in [1.82, 2.24) is 10.2 Å². The highest BCUT2D eigenvalue weighted by Crippen LogP contribution is 2.18. The van der Waals surface area contributed by atoms with Crippen molar-refractivity contribution in [2.24, 2.45) is 0 Å². The smallest absolute Gasteiger partial charge is 0.0236 e. The Kier molecular flexibility index (Phi) is 5.65. The van der Waals surface area contributed by atoms with E-state index in [4.69, 9.17) is 0 Å². The summed E-state index contributed by atoms with van der Waals surface area (Å²) >= 11 is 3.47. The molecule has 0 atom stereocenters. The summed E-state index contributed by atoms with van der Waals surface area (Å²) in [7, 11) is 0. The van der Waals surface area contributed by atoms with Crippen LogP contribution in [0, 0.1) is 0 Å². The Bertz CT molecular complexity index is 595. The summed E-state index contributed by atoms with van der Waals surface area (Å²) < 4.78 is 1.14. The first-order valence-electron chi connectivity index (χ1n) is 8.05. The maximum atomic E-state index is 3.54. The van der Waals surface area contributed by atoms with Crippen molar-refractivity contribution in [3.8, 4) is 0 Å². The van der Waals surface area contributed by atoms with Crippen molar-refractivity contribution in [2.75, 3.05) is 19.6 Å². The van der Waals surface area contributed by atoms with Crippen LogP contribution in [-0.2, 0) is 19.5 Å². The van der Waals surface area contributed by atoms with Crippen molar-refractivity contribution in [1.29, 1.82) is 0 Å². The number of hydrogen-bond donors (Lipinski definition) is 1. The van der Waals surface area contributed by atoms with Crippen LogP contribution >= 0.6 is 15.9 Å². The standard InChI is InChI=1S/C19H23BrN2/c20-19-8-6-16(7-9-19)14-21-11-3-12-22-13-10-17-4-1-2-5-18(17)15-22/h1-2,4-9,21H,3,10-15H2. The summed E-state index contributed by atoms with van der Waals surface area (Å²) in [5, 5.41) is 3.54. The molecular weight excluding hydrogens is 336 g/mol. The van der Waals surface area contributed by atoms with E-state index in [1.807, 2.05) is 0 Å². The van der Waals surface area contributed by atoms with Crippen LogP contribution in [0.3, 0.4) is 0 Å². The Labute approximate surface area is 141 Å². The number of rotatable bonds is 6. The lowest BCUT2D eigenvalue weighted by molar-refractivity contribution is 0.250. The van der Waals surface area contributed by atoms with Crippen molar-refractivity contribution in [3.05, 3.63) is 69.7 Å². The van der Waals surface area contributed by atoms with Gasteiger partial charge in [-0.25, -0.2) is 0 Å². The van der Waals surface area contributed by atoms with Gasteiger partial charge in [-0.05, 0) is 54.8 Å². The average molecular weight is 359 g/mol. The van der Waals surface area contributed by atoms with Gasteiger partial charge in [-0.15, -0.1) is 0 Å². The summed E-state index contributed by atoms with van der Waals surface area (Å²) in [6, 6.07) is 17.4. The molecule has 3 rings (SSSR count). The van der Waals surface area contributed by atoms with Gasteiger partial charge in [-0.3, -0.25) is 4.90 Å². The van der Waals surface area contributed by atoms with Crippen molar-refractivity contribution >= 4 is 15.9 Å².